The summed E-state index contributed by atoms with van der Waals surface area (Å²) in [6.45, 7) is 0.374. The van der Waals surface area contributed by atoms with Crippen LogP contribution in [0.4, 0.5) is 10.1 Å². The Balaban J connectivity index is 1.63. The van der Waals surface area contributed by atoms with E-state index in [4.69, 9.17) is 11.6 Å². The fourth-order valence-electron chi connectivity index (χ4n) is 3.13. The lowest BCUT2D eigenvalue weighted by atomic mass is 9.97. The Morgan fingerprint density at radius 1 is 1.23 bits per heavy atom. The molecule has 1 N–H and O–H groups in total. The van der Waals surface area contributed by atoms with Crippen molar-refractivity contribution in [1.29, 1.82) is 0 Å². The number of sulfonamides is 1. The zero-order valence-electron chi connectivity index (χ0n) is 16.4. The van der Waals surface area contributed by atoms with E-state index < -0.39 is 15.8 Å². The number of piperidine rings is 1. The number of benzene rings is 1. The summed E-state index contributed by atoms with van der Waals surface area (Å²) in [4.78, 5) is 25.9. The average Bonchev–Trinajstić information content (AvgIpc) is 3.20. The first-order valence-corrected chi connectivity index (χ1v) is 11.9. The molecule has 1 fully saturated rings. The Kier molecular flexibility index (Phi) is 6.81. The van der Waals surface area contributed by atoms with Crippen molar-refractivity contribution in [3.63, 3.8) is 0 Å². The lowest BCUT2D eigenvalue weighted by molar-refractivity contribution is -0.120. The molecule has 1 saturated heterocycles. The van der Waals surface area contributed by atoms with Crippen LogP contribution in [0.15, 0.2) is 33.9 Å². The Bertz CT molecular complexity index is 1060. The molecule has 1 aromatic carbocycles. The minimum absolute atomic E-state index is 0.101. The second-order valence-corrected chi connectivity index (χ2v) is 10.6. The highest BCUT2D eigenvalue weighted by molar-refractivity contribution is 7.91. The van der Waals surface area contributed by atoms with E-state index in [0.717, 1.165) is 17.4 Å². The molecule has 1 aliphatic heterocycles. The van der Waals surface area contributed by atoms with Gasteiger partial charge in [-0.15, -0.1) is 11.3 Å². The molecule has 0 aliphatic carbocycles. The summed E-state index contributed by atoms with van der Waals surface area (Å²) in [6, 6.07) is 5.09. The summed E-state index contributed by atoms with van der Waals surface area (Å²) >= 11 is 6.94. The minimum atomic E-state index is -3.73. The molecule has 1 aromatic heterocycles. The number of amides is 2. The molecule has 2 aromatic rings. The highest BCUT2D eigenvalue weighted by atomic mass is 35.5. The quantitative estimate of drug-likeness (QED) is 0.722. The van der Waals surface area contributed by atoms with Gasteiger partial charge in [0.25, 0.3) is 15.9 Å². The lowest BCUT2D eigenvalue weighted by Crippen LogP contribution is -2.41. The molecule has 30 heavy (non-hydrogen) atoms. The average molecular weight is 474 g/mol. The number of hydrogen-bond acceptors (Lipinski definition) is 5. The fraction of sp³-hybridized carbons (Fsp3) is 0.368. The Morgan fingerprint density at radius 3 is 2.50 bits per heavy atom. The molecule has 0 atom stereocenters. The van der Waals surface area contributed by atoms with Crippen LogP contribution in [-0.4, -0.2) is 56.6 Å². The first-order chi connectivity index (χ1) is 14.1. The normalized spacial score (nSPS) is 15.7. The van der Waals surface area contributed by atoms with E-state index in [1.165, 1.54) is 32.8 Å². The van der Waals surface area contributed by atoms with E-state index in [2.05, 4.69) is 5.32 Å². The van der Waals surface area contributed by atoms with E-state index >= 15 is 0 Å². The number of nitrogens with one attached hydrogen (secondary N) is 1. The molecular formula is C19H21ClFN3O4S2. The molecular weight excluding hydrogens is 453 g/mol. The van der Waals surface area contributed by atoms with Crippen LogP contribution in [0.2, 0.25) is 5.02 Å². The molecule has 3 rings (SSSR count). The van der Waals surface area contributed by atoms with Crippen LogP contribution in [0.5, 0.6) is 0 Å². The number of anilines is 1. The van der Waals surface area contributed by atoms with Crippen molar-refractivity contribution in [1.82, 2.24) is 9.21 Å². The standard InChI is InChI=1S/C19H21ClFN3O4S2/c1-23(2)19(26)13-9-17(29-11-13)30(27,28)24-7-5-12(6-8-24)18(25)22-16-4-3-14(21)10-15(16)20/h3-4,9-12H,5-8H2,1-2H3,(H,22,25). The van der Waals surface area contributed by atoms with E-state index in [1.807, 2.05) is 0 Å². The maximum atomic E-state index is 13.1. The van der Waals surface area contributed by atoms with Gasteiger partial charge >= 0.3 is 0 Å². The predicted molar refractivity (Wildman–Crippen MR) is 114 cm³/mol. The molecule has 0 spiro atoms. The van der Waals surface area contributed by atoms with Gasteiger partial charge in [-0.05, 0) is 37.1 Å². The second kappa shape index (κ2) is 9.01. The maximum absolute atomic E-state index is 13.1. The Hall–Kier alpha value is -2.01. The van der Waals surface area contributed by atoms with Gasteiger partial charge in [0.05, 0.1) is 16.3 Å². The zero-order chi connectivity index (χ0) is 22.1. The highest BCUT2D eigenvalue weighted by Gasteiger charge is 2.33. The van der Waals surface area contributed by atoms with Crippen LogP contribution in [0, 0.1) is 11.7 Å². The molecule has 1 aliphatic rings. The molecule has 7 nitrogen and oxygen atoms in total. The van der Waals surface area contributed by atoms with Crippen LogP contribution >= 0.6 is 22.9 Å². The third-order valence-electron chi connectivity index (χ3n) is 4.84. The van der Waals surface area contributed by atoms with Crippen LogP contribution in [0.3, 0.4) is 0 Å². The molecule has 162 valence electrons. The smallest absolute Gasteiger partial charge is 0.254 e. The SMILES string of the molecule is CN(C)C(=O)c1csc(S(=O)(=O)N2CCC(C(=O)Nc3ccc(F)cc3Cl)CC2)c1. The van der Waals surface area contributed by atoms with Crippen LogP contribution < -0.4 is 5.32 Å². The topological polar surface area (TPSA) is 86.8 Å². The van der Waals surface area contributed by atoms with Gasteiger partial charge in [-0.2, -0.15) is 4.31 Å². The number of halogens is 2. The molecule has 0 unspecified atom stereocenters. The van der Waals surface area contributed by atoms with Gasteiger partial charge < -0.3 is 10.2 Å². The van der Waals surface area contributed by atoms with E-state index in [-0.39, 0.29) is 40.1 Å². The third-order valence-corrected chi connectivity index (χ3v) is 8.46. The highest BCUT2D eigenvalue weighted by Crippen LogP contribution is 2.29. The number of nitrogens with zero attached hydrogens (tertiary/aromatic N) is 2. The van der Waals surface area contributed by atoms with Crippen molar-refractivity contribution in [2.45, 2.75) is 17.1 Å². The molecule has 0 bridgehead atoms. The van der Waals surface area contributed by atoms with Gasteiger partial charge in [0.2, 0.25) is 5.91 Å². The van der Waals surface area contributed by atoms with Crippen LogP contribution in [0.1, 0.15) is 23.2 Å². The molecule has 0 saturated carbocycles. The summed E-state index contributed by atoms with van der Waals surface area (Å²) in [5.41, 5.74) is 0.642. The molecule has 2 heterocycles. The number of thiophene rings is 1. The van der Waals surface area contributed by atoms with Crippen molar-refractivity contribution in [3.8, 4) is 0 Å². The van der Waals surface area contributed by atoms with Gasteiger partial charge in [-0.25, -0.2) is 12.8 Å². The van der Waals surface area contributed by atoms with Crippen molar-refractivity contribution >= 4 is 50.5 Å². The Morgan fingerprint density at radius 2 is 1.90 bits per heavy atom. The largest absolute Gasteiger partial charge is 0.345 e. The zero-order valence-corrected chi connectivity index (χ0v) is 18.8. The van der Waals surface area contributed by atoms with Gasteiger partial charge in [0.15, 0.2) is 0 Å². The first kappa shape index (κ1) is 22.7. The monoisotopic (exact) mass is 473 g/mol. The maximum Gasteiger partial charge on any atom is 0.254 e. The van der Waals surface area contributed by atoms with Crippen molar-refractivity contribution < 1.29 is 22.4 Å². The van der Waals surface area contributed by atoms with E-state index in [0.29, 0.717) is 24.1 Å². The number of carbonyl (C=O) groups excluding carboxylic acids is 2. The van der Waals surface area contributed by atoms with Gasteiger partial charge in [0, 0.05) is 38.5 Å². The van der Waals surface area contributed by atoms with Crippen LogP contribution in [0.25, 0.3) is 0 Å². The fourth-order valence-corrected chi connectivity index (χ4v) is 6.12. The first-order valence-electron chi connectivity index (χ1n) is 9.16. The summed E-state index contributed by atoms with van der Waals surface area (Å²) in [5, 5.41) is 4.30. The summed E-state index contributed by atoms with van der Waals surface area (Å²) in [7, 11) is -0.533. The van der Waals surface area contributed by atoms with Crippen molar-refractivity contribution in [2.75, 3.05) is 32.5 Å². The second-order valence-electron chi connectivity index (χ2n) is 7.15. The summed E-state index contributed by atoms with van der Waals surface area (Å²) < 4.78 is 40.4. The minimum Gasteiger partial charge on any atom is -0.345 e. The summed E-state index contributed by atoms with van der Waals surface area (Å²) in [5.74, 6) is -1.43. The number of hydrogen-bond donors (Lipinski definition) is 1. The predicted octanol–water partition coefficient (Wildman–Crippen LogP) is 3.28. The van der Waals surface area contributed by atoms with Gasteiger partial charge in [-0.1, -0.05) is 11.6 Å². The molecule has 0 radical (unpaired) electrons. The van der Waals surface area contributed by atoms with Crippen LogP contribution in [-0.2, 0) is 14.8 Å². The van der Waals surface area contributed by atoms with Gasteiger partial charge in [0.1, 0.15) is 10.0 Å². The van der Waals surface area contributed by atoms with E-state index in [9.17, 15) is 22.4 Å². The molecule has 11 heteroatoms. The number of carbonyl (C=O) groups is 2. The Labute approximate surface area is 183 Å². The third kappa shape index (κ3) is 4.83. The molecule has 2 amide bonds. The van der Waals surface area contributed by atoms with Crippen molar-refractivity contribution in [2.24, 2.45) is 5.92 Å². The number of rotatable bonds is 5. The lowest BCUT2D eigenvalue weighted by Gasteiger charge is -2.30. The summed E-state index contributed by atoms with van der Waals surface area (Å²) in [6.07, 6.45) is 0.692. The van der Waals surface area contributed by atoms with E-state index in [1.54, 1.807) is 14.1 Å². The van der Waals surface area contributed by atoms with Crippen molar-refractivity contribution in [3.05, 3.63) is 46.0 Å². The van der Waals surface area contributed by atoms with Gasteiger partial charge in [-0.3, -0.25) is 9.59 Å².